The lowest BCUT2D eigenvalue weighted by Crippen LogP contribution is -2.29. The highest BCUT2D eigenvalue weighted by atomic mass is 19.3. The molecule has 0 saturated carbocycles. The van der Waals surface area contributed by atoms with E-state index >= 15 is 0 Å². The Balaban J connectivity index is 1.96. The first-order valence-electron chi connectivity index (χ1n) is 9.41. The van der Waals surface area contributed by atoms with Gasteiger partial charge < -0.3 is 10.1 Å². The number of alkyl halides is 2. The zero-order valence-corrected chi connectivity index (χ0v) is 16.7. The summed E-state index contributed by atoms with van der Waals surface area (Å²) in [4.78, 5) is 0. The number of methoxy groups -OCH3 is 1. The van der Waals surface area contributed by atoms with Gasteiger partial charge in [-0.15, -0.1) is 0 Å². The monoisotopic (exact) mass is 417 g/mol. The van der Waals surface area contributed by atoms with Crippen molar-refractivity contribution in [2.24, 2.45) is 0 Å². The van der Waals surface area contributed by atoms with Gasteiger partial charge in [0.15, 0.2) is 0 Å². The molecule has 31 heavy (non-hydrogen) atoms. The number of nitriles is 2. The number of fused-ring (bicyclic) bond motifs is 1. The zero-order chi connectivity index (χ0) is 22.1. The summed E-state index contributed by atoms with van der Waals surface area (Å²) in [5.41, 5.74) is 2.38. The van der Waals surface area contributed by atoms with Crippen LogP contribution in [0, 0.1) is 29.6 Å². The Kier molecular flexibility index (Phi) is 5.14. The second-order valence-electron chi connectivity index (χ2n) is 7.04. The van der Waals surface area contributed by atoms with Crippen molar-refractivity contribution >= 4 is 16.6 Å². The van der Waals surface area contributed by atoms with Crippen LogP contribution in [0.2, 0.25) is 0 Å². The number of aromatic nitrogens is 2. The van der Waals surface area contributed by atoms with Gasteiger partial charge in [-0.3, -0.25) is 5.10 Å². The van der Waals surface area contributed by atoms with Crippen molar-refractivity contribution < 1.29 is 13.5 Å². The number of ether oxygens (including phenoxy) is 1. The molecule has 1 aromatic heterocycles. The van der Waals surface area contributed by atoms with Crippen LogP contribution in [-0.4, -0.2) is 23.7 Å². The number of hydrogen-bond donors (Lipinski definition) is 2. The third-order valence-electron chi connectivity index (χ3n) is 5.35. The average Bonchev–Trinajstić information content (AvgIpc) is 3.17. The van der Waals surface area contributed by atoms with Crippen molar-refractivity contribution in [3.63, 3.8) is 0 Å². The maximum atomic E-state index is 13.9. The number of benzene rings is 2. The van der Waals surface area contributed by atoms with Crippen LogP contribution in [0.25, 0.3) is 16.6 Å². The van der Waals surface area contributed by atoms with Gasteiger partial charge in [0.2, 0.25) is 0 Å². The van der Waals surface area contributed by atoms with Crippen molar-refractivity contribution in [3.8, 4) is 17.9 Å². The van der Waals surface area contributed by atoms with E-state index in [-0.39, 0.29) is 16.8 Å². The quantitative estimate of drug-likeness (QED) is 0.649. The van der Waals surface area contributed by atoms with Gasteiger partial charge in [0.05, 0.1) is 58.9 Å². The molecular weight excluding hydrogens is 400 g/mol. The van der Waals surface area contributed by atoms with Gasteiger partial charge in [0.25, 0.3) is 6.43 Å². The van der Waals surface area contributed by atoms with Crippen molar-refractivity contribution in [3.05, 3.63) is 76.1 Å². The predicted molar refractivity (Wildman–Crippen MR) is 111 cm³/mol. The largest absolute Gasteiger partial charge is 0.497 e. The predicted octanol–water partition coefficient (Wildman–Crippen LogP) is 4.54. The van der Waals surface area contributed by atoms with E-state index in [4.69, 9.17) is 4.74 Å². The van der Waals surface area contributed by atoms with E-state index in [1.54, 1.807) is 42.5 Å². The summed E-state index contributed by atoms with van der Waals surface area (Å²) in [6.45, 7) is 1.82. The van der Waals surface area contributed by atoms with Crippen LogP contribution in [-0.2, 0) is 0 Å². The number of nitrogens with one attached hydrogen (secondary N) is 2. The summed E-state index contributed by atoms with van der Waals surface area (Å²) < 4.78 is 33.0. The molecule has 2 N–H and O–H groups in total. The Morgan fingerprint density at radius 2 is 1.77 bits per heavy atom. The van der Waals surface area contributed by atoms with Gasteiger partial charge in [-0.2, -0.15) is 15.6 Å². The summed E-state index contributed by atoms with van der Waals surface area (Å²) in [7, 11) is 1.52. The van der Waals surface area contributed by atoms with Crippen molar-refractivity contribution in [2.45, 2.75) is 19.3 Å². The third-order valence-corrected chi connectivity index (χ3v) is 5.35. The van der Waals surface area contributed by atoms with Crippen LogP contribution in [0.3, 0.4) is 0 Å². The van der Waals surface area contributed by atoms with Crippen molar-refractivity contribution in [1.29, 1.82) is 10.5 Å². The number of hydrogen-bond acceptors (Lipinski definition) is 5. The lowest BCUT2D eigenvalue weighted by Gasteiger charge is -2.29. The molecule has 0 aliphatic carbocycles. The molecule has 0 spiro atoms. The van der Waals surface area contributed by atoms with E-state index in [2.05, 4.69) is 21.6 Å². The first kappa shape index (κ1) is 20.1. The maximum absolute atomic E-state index is 13.9. The van der Waals surface area contributed by atoms with Gasteiger partial charge in [0.1, 0.15) is 5.75 Å². The van der Waals surface area contributed by atoms with Crippen LogP contribution in [0.5, 0.6) is 5.75 Å². The van der Waals surface area contributed by atoms with E-state index in [0.717, 1.165) is 16.6 Å². The number of nitrogens with zero attached hydrogens (tertiary/aromatic N) is 3. The Hall–Kier alpha value is -4.17. The molecule has 0 bridgehead atoms. The van der Waals surface area contributed by atoms with Crippen LogP contribution in [0.4, 0.5) is 8.78 Å². The third kappa shape index (κ3) is 3.38. The normalized spacial score (nSPS) is 16.3. The fourth-order valence-electron chi connectivity index (χ4n) is 3.79. The number of halogens is 2. The Morgan fingerprint density at radius 3 is 2.39 bits per heavy atom. The minimum absolute atomic E-state index is 0.177. The molecule has 1 unspecified atom stereocenters. The second-order valence-corrected chi connectivity index (χ2v) is 7.04. The van der Waals surface area contributed by atoms with Gasteiger partial charge >= 0.3 is 0 Å². The highest BCUT2D eigenvalue weighted by Crippen LogP contribution is 2.42. The highest BCUT2D eigenvalue weighted by molar-refractivity contribution is 5.84. The number of H-pyrrole nitrogens is 1. The molecule has 2 aromatic carbocycles. The molecule has 0 fully saturated rings. The number of rotatable bonds is 4. The summed E-state index contributed by atoms with van der Waals surface area (Å²) in [6, 6.07) is 16.0. The molecule has 2 heterocycles. The van der Waals surface area contributed by atoms with E-state index < -0.39 is 18.0 Å². The van der Waals surface area contributed by atoms with Crippen LogP contribution in [0.15, 0.2) is 59.3 Å². The summed E-state index contributed by atoms with van der Waals surface area (Å²) in [6.07, 6.45) is -2.91. The lowest BCUT2D eigenvalue weighted by atomic mass is 9.80. The molecule has 1 aliphatic rings. The number of allylic oxidation sites excluding steroid dienone is 3. The van der Waals surface area contributed by atoms with Crippen LogP contribution < -0.4 is 10.1 Å². The molecule has 1 atom stereocenters. The van der Waals surface area contributed by atoms with Gasteiger partial charge in [-0.25, -0.2) is 8.78 Å². The molecule has 154 valence electrons. The summed E-state index contributed by atoms with van der Waals surface area (Å²) >= 11 is 0. The number of dihydropyridines is 1. The molecule has 0 amide bonds. The molecule has 0 saturated heterocycles. The molecule has 3 aromatic rings. The van der Waals surface area contributed by atoms with Gasteiger partial charge in [-0.05, 0) is 54.4 Å². The summed E-state index contributed by atoms with van der Waals surface area (Å²) in [5, 5.41) is 30.3. The van der Waals surface area contributed by atoms with Crippen molar-refractivity contribution in [1.82, 2.24) is 15.5 Å². The number of aryl methyl sites for hydroxylation is 1. The molecular formula is C23H17F2N5O. The smallest absolute Gasteiger partial charge is 0.279 e. The van der Waals surface area contributed by atoms with Crippen LogP contribution >= 0.6 is 0 Å². The molecule has 4 rings (SSSR count). The highest BCUT2D eigenvalue weighted by Gasteiger charge is 2.35. The fraction of sp³-hybridized carbons (Fsp3) is 0.174. The lowest BCUT2D eigenvalue weighted by molar-refractivity contribution is 0.181. The topological polar surface area (TPSA) is 97.5 Å². The Morgan fingerprint density at radius 1 is 1.06 bits per heavy atom. The Labute approximate surface area is 177 Å². The van der Waals surface area contributed by atoms with Crippen LogP contribution in [0.1, 0.15) is 22.7 Å². The minimum atomic E-state index is -2.91. The van der Waals surface area contributed by atoms with Crippen molar-refractivity contribution in [2.75, 3.05) is 7.11 Å². The van der Waals surface area contributed by atoms with Gasteiger partial charge in [0, 0.05) is 5.39 Å². The molecule has 8 heteroatoms. The first-order chi connectivity index (χ1) is 15.0. The Bertz CT molecular complexity index is 1310. The standard InChI is InChI=1S/C23H17F2N5O/c1-12-16-9-14(5-8-19(16)30-29-12)20-17(10-26)21(13-3-6-15(31-2)7-4-13)28-22(23(24)25)18(20)11-27/h3-9,20,23,28H,1-2H3,(H,29,30). The SMILES string of the molecule is COc1ccc(C2=C(C#N)C(c3ccc4[nH]nc(C)c4c3)C(C#N)=C(C(F)F)N2)cc1. The maximum Gasteiger partial charge on any atom is 0.279 e. The molecule has 6 nitrogen and oxygen atoms in total. The van der Waals surface area contributed by atoms with E-state index in [1.165, 1.54) is 7.11 Å². The van der Waals surface area contributed by atoms with E-state index in [1.807, 2.05) is 13.0 Å². The average molecular weight is 417 g/mol. The molecule has 0 radical (unpaired) electrons. The fourth-order valence-corrected chi connectivity index (χ4v) is 3.79. The molecule has 1 aliphatic heterocycles. The van der Waals surface area contributed by atoms with E-state index in [9.17, 15) is 19.3 Å². The summed E-state index contributed by atoms with van der Waals surface area (Å²) in [5.74, 6) is -0.338. The minimum Gasteiger partial charge on any atom is -0.497 e. The zero-order valence-electron chi connectivity index (χ0n) is 16.7. The first-order valence-corrected chi connectivity index (χ1v) is 9.41. The second kappa shape index (κ2) is 7.92. The number of aromatic amines is 1. The van der Waals surface area contributed by atoms with E-state index in [0.29, 0.717) is 16.9 Å². The van der Waals surface area contributed by atoms with Gasteiger partial charge in [-0.1, -0.05) is 6.07 Å².